The van der Waals surface area contributed by atoms with E-state index in [-0.39, 0.29) is 0 Å². The van der Waals surface area contributed by atoms with Gasteiger partial charge >= 0.3 is 0 Å². The van der Waals surface area contributed by atoms with Crippen molar-refractivity contribution in [3.8, 4) is 0 Å². The molecule has 144 valence electrons. The van der Waals surface area contributed by atoms with Crippen LogP contribution in [0.5, 0.6) is 0 Å². The van der Waals surface area contributed by atoms with E-state index in [4.69, 9.17) is 16.3 Å². The van der Waals surface area contributed by atoms with E-state index in [0.717, 1.165) is 16.1 Å². The fourth-order valence-electron chi connectivity index (χ4n) is 3.65. The number of hydrogen-bond acceptors (Lipinski definition) is 1. The van der Waals surface area contributed by atoms with Crippen LogP contribution >= 0.6 is 27.5 Å². The van der Waals surface area contributed by atoms with Crippen molar-refractivity contribution in [2.45, 2.75) is 70.8 Å². The number of fused-ring (bicyclic) bond motifs is 1. The molecule has 1 aliphatic rings. The number of benzene rings is 1. The van der Waals surface area contributed by atoms with Crippen molar-refractivity contribution >= 4 is 59.9 Å². The summed E-state index contributed by atoms with van der Waals surface area (Å²) >= 11 is 10.4. The molecule has 26 heavy (non-hydrogen) atoms. The normalized spacial score (nSPS) is 15.8. The van der Waals surface area contributed by atoms with Gasteiger partial charge in [0.05, 0.1) is 18.6 Å². The number of nitrogens with zero attached hydrogens (tertiary/aromatic N) is 1. The number of ether oxygens (including phenoxy) is 1. The van der Waals surface area contributed by atoms with Crippen LogP contribution in [0.25, 0.3) is 10.9 Å². The highest BCUT2D eigenvalue weighted by atomic mass is 79.9. The third-order valence-electron chi connectivity index (χ3n) is 5.07. The predicted molar refractivity (Wildman–Crippen MR) is 124 cm³/mol. The van der Waals surface area contributed by atoms with Gasteiger partial charge in [-0.2, -0.15) is 0 Å². The molecule has 1 aromatic heterocycles. The van der Waals surface area contributed by atoms with Gasteiger partial charge in [-0.25, -0.2) is 0 Å². The molecule has 1 heterocycles. The average Bonchev–Trinajstić information content (AvgIpc) is 3.27. The lowest BCUT2D eigenvalue weighted by atomic mass is 10.1. The van der Waals surface area contributed by atoms with Gasteiger partial charge in [0.15, 0.2) is 0 Å². The molecule has 1 aromatic carbocycles. The van der Waals surface area contributed by atoms with Gasteiger partial charge < -0.3 is 9.30 Å². The first-order valence-electron chi connectivity index (χ1n) is 9.59. The second-order valence-electron chi connectivity index (χ2n) is 9.82. The van der Waals surface area contributed by atoms with Crippen LogP contribution < -0.4 is 5.32 Å². The Balaban J connectivity index is 2.07. The van der Waals surface area contributed by atoms with E-state index in [1.165, 1.54) is 40.7 Å². The van der Waals surface area contributed by atoms with E-state index >= 15 is 0 Å². The highest BCUT2D eigenvalue weighted by molar-refractivity contribution is 9.10. The van der Waals surface area contributed by atoms with Crippen molar-refractivity contribution in [2.24, 2.45) is 0 Å². The Kier molecular flexibility index (Phi) is 5.87. The molecule has 1 saturated carbocycles. The Morgan fingerprint density at radius 3 is 2.35 bits per heavy atom. The lowest BCUT2D eigenvalue weighted by molar-refractivity contribution is 0.0919. The highest BCUT2D eigenvalue weighted by Gasteiger charge is 2.37. The number of halogens is 2. The molecule has 2 nitrogen and oxygen atoms in total. The molecule has 0 saturated heterocycles. The molecule has 3 rings (SSSR count). The molecule has 0 unspecified atom stereocenters. The van der Waals surface area contributed by atoms with Crippen LogP contribution in [0, 0.1) is 0 Å². The van der Waals surface area contributed by atoms with E-state index in [0.29, 0.717) is 12.6 Å². The van der Waals surface area contributed by atoms with Crippen LogP contribution in [-0.2, 0) is 11.5 Å². The monoisotopic (exact) mass is 471 g/mol. The molecule has 0 spiro atoms. The lowest BCUT2D eigenvalue weighted by Crippen LogP contribution is -2.45. The van der Waals surface area contributed by atoms with E-state index in [1.54, 1.807) is 0 Å². The van der Waals surface area contributed by atoms with Gasteiger partial charge in [-0.1, -0.05) is 50.9 Å². The average molecular weight is 473 g/mol. The second-order valence-corrected chi connectivity index (χ2v) is 21.6. The van der Waals surface area contributed by atoms with Gasteiger partial charge in [-0.3, -0.25) is 0 Å². The quantitative estimate of drug-likeness (QED) is 0.319. The summed E-state index contributed by atoms with van der Waals surface area (Å²) in [6.45, 7) is 16.0. The third-order valence-corrected chi connectivity index (χ3v) is 10.0. The van der Waals surface area contributed by atoms with Gasteiger partial charge in [-0.15, -0.1) is 0 Å². The first kappa shape index (κ1) is 20.7. The van der Waals surface area contributed by atoms with Gasteiger partial charge in [0.2, 0.25) is 0 Å². The number of rotatable bonds is 7. The molecular weight excluding hydrogens is 442 g/mol. The second kappa shape index (κ2) is 7.39. The topological polar surface area (TPSA) is 14.2 Å². The van der Waals surface area contributed by atoms with E-state index < -0.39 is 16.1 Å². The molecule has 0 amide bonds. The zero-order chi connectivity index (χ0) is 19.3. The number of hydrogen-bond donors (Lipinski definition) is 0. The first-order chi connectivity index (χ1) is 12.0. The molecule has 0 N–H and O–H groups in total. The summed E-state index contributed by atoms with van der Waals surface area (Å²) in [5.74, 6) is 0.675. The smallest absolute Gasteiger partial charge is 0.122 e. The van der Waals surface area contributed by atoms with E-state index in [9.17, 15) is 0 Å². The molecule has 6 heteroatoms. The maximum absolute atomic E-state index is 6.78. The van der Waals surface area contributed by atoms with Crippen molar-refractivity contribution in [2.75, 3.05) is 6.61 Å². The standard InChI is InChI=1S/C20H31BrClNOSi2/c1-25(2,3)12-11-24-13-23-16-10-9-15(21)19(22)18(16)17(14-7-8-14)20(23)26(4,5)6/h9-10,14H,7-8,11-13H2,1-6H3. The minimum absolute atomic E-state index is 0.644. The van der Waals surface area contributed by atoms with Crippen molar-refractivity contribution < 1.29 is 4.74 Å². The molecular formula is C20H31BrClNOSi2. The summed E-state index contributed by atoms with van der Waals surface area (Å²) in [6.07, 6.45) is 2.58. The Labute approximate surface area is 173 Å². The molecule has 0 bridgehead atoms. The van der Waals surface area contributed by atoms with Crippen molar-refractivity contribution in [1.29, 1.82) is 0 Å². The Bertz CT molecular complexity index is 816. The van der Waals surface area contributed by atoms with Gasteiger partial charge in [-0.05, 0) is 58.4 Å². The summed E-state index contributed by atoms with van der Waals surface area (Å²) in [7, 11) is -2.62. The maximum atomic E-state index is 6.78. The van der Waals surface area contributed by atoms with Crippen LogP contribution in [0.15, 0.2) is 16.6 Å². The van der Waals surface area contributed by atoms with Crippen molar-refractivity contribution in [3.63, 3.8) is 0 Å². The maximum Gasteiger partial charge on any atom is 0.122 e. The third kappa shape index (κ3) is 4.32. The fourth-order valence-corrected chi connectivity index (χ4v) is 7.13. The van der Waals surface area contributed by atoms with Crippen molar-refractivity contribution in [3.05, 3.63) is 27.2 Å². The van der Waals surface area contributed by atoms with Crippen LogP contribution in [0.4, 0.5) is 0 Å². The molecule has 1 fully saturated rings. The molecule has 2 aromatic rings. The molecule has 0 aliphatic heterocycles. The minimum atomic E-state index is -1.55. The summed E-state index contributed by atoms with van der Waals surface area (Å²) in [4.78, 5) is 0. The minimum Gasteiger partial charge on any atom is -0.361 e. The van der Waals surface area contributed by atoms with Gasteiger partial charge in [0.1, 0.15) is 6.73 Å². The summed E-state index contributed by atoms with van der Waals surface area (Å²) in [5.41, 5.74) is 2.75. The van der Waals surface area contributed by atoms with Gasteiger partial charge in [0, 0.05) is 29.9 Å². The van der Waals surface area contributed by atoms with E-state index in [1.807, 2.05) is 0 Å². The lowest BCUT2D eigenvalue weighted by Gasteiger charge is -2.23. The largest absolute Gasteiger partial charge is 0.361 e. The van der Waals surface area contributed by atoms with Crippen LogP contribution in [0.2, 0.25) is 50.3 Å². The summed E-state index contributed by atoms with van der Waals surface area (Å²) < 4.78 is 9.62. The fraction of sp³-hybridized carbons (Fsp3) is 0.600. The molecule has 1 aliphatic carbocycles. The van der Waals surface area contributed by atoms with Crippen LogP contribution in [0.3, 0.4) is 0 Å². The molecule has 0 radical (unpaired) electrons. The van der Waals surface area contributed by atoms with E-state index in [2.05, 4.69) is 71.9 Å². The van der Waals surface area contributed by atoms with Gasteiger partial charge in [0.25, 0.3) is 0 Å². The first-order valence-corrected chi connectivity index (χ1v) is 18.0. The Morgan fingerprint density at radius 2 is 1.81 bits per heavy atom. The Hall–Kier alpha value is -0.0762. The van der Waals surface area contributed by atoms with Crippen molar-refractivity contribution in [1.82, 2.24) is 4.57 Å². The SMILES string of the molecule is C[Si](C)(C)CCOCn1c([Si](C)(C)C)c(C2CC2)c2c(Cl)c(Br)ccc21. The van der Waals surface area contributed by atoms with Crippen LogP contribution in [0.1, 0.15) is 24.3 Å². The highest BCUT2D eigenvalue weighted by Crippen LogP contribution is 2.46. The Morgan fingerprint density at radius 1 is 1.15 bits per heavy atom. The van der Waals surface area contributed by atoms with Crippen LogP contribution in [-0.4, -0.2) is 27.3 Å². The molecule has 0 atom stereocenters. The predicted octanol–water partition coefficient (Wildman–Crippen LogP) is 6.79. The summed E-state index contributed by atoms with van der Waals surface area (Å²) in [6, 6.07) is 5.49. The zero-order valence-electron chi connectivity index (χ0n) is 16.9. The zero-order valence-corrected chi connectivity index (χ0v) is 21.2. The summed E-state index contributed by atoms with van der Waals surface area (Å²) in [5, 5.41) is 3.66. The number of aromatic nitrogens is 1.